The van der Waals surface area contributed by atoms with E-state index in [0.29, 0.717) is 25.2 Å². The second-order valence-electron chi connectivity index (χ2n) is 10.4. The highest BCUT2D eigenvalue weighted by molar-refractivity contribution is 5.97. The molecule has 0 saturated carbocycles. The maximum absolute atomic E-state index is 12.7. The molecule has 1 aromatic carbocycles. The molecule has 3 heterocycles. The molecule has 1 fully saturated rings. The molecule has 8 heteroatoms. The molecule has 0 spiro atoms. The molecule has 0 bridgehead atoms. The summed E-state index contributed by atoms with van der Waals surface area (Å²) in [6.07, 6.45) is 3.39. The fraction of sp³-hybridized carbons (Fsp3) is 0.464. The van der Waals surface area contributed by atoms with Gasteiger partial charge in [0.1, 0.15) is 11.2 Å². The number of carbonyl (C=O) groups is 2. The highest BCUT2D eigenvalue weighted by atomic mass is 16.6. The number of benzene rings is 1. The molecule has 1 atom stereocenters. The van der Waals surface area contributed by atoms with E-state index in [4.69, 9.17) is 4.74 Å². The predicted molar refractivity (Wildman–Crippen MR) is 143 cm³/mol. The third-order valence-electron chi connectivity index (χ3n) is 6.53. The van der Waals surface area contributed by atoms with Crippen LogP contribution in [0, 0.1) is 0 Å². The average molecular weight is 492 g/mol. The van der Waals surface area contributed by atoms with Gasteiger partial charge in [0.25, 0.3) is 5.91 Å². The standard InChI is InChI=1S/C28H37N5O3/c1-6-31-12-11-22-17-23(19-29-25(22)31)26(34)30-18-20(2)21-7-9-24(10-8-21)32-13-15-33(16-14-32)27(35)36-28(3,4)5/h7-12,17,19-20H,6,13-16,18H2,1-5H3,(H,30,34). The number of nitrogens with one attached hydrogen (secondary N) is 1. The minimum absolute atomic E-state index is 0.111. The summed E-state index contributed by atoms with van der Waals surface area (Å²) in [4.78, 5) is 33.5. The van der Waals surface area contributed by atoms with Gasteiger partial charge < -0.3 is 24.4 Å². The monoisotopic (exact) mass is 491 g/mol. The molecule has 4 rings (SSSR count). The van der Waals surface area contributed by atoms with E-state index in [9.17, 15) is 9.59 Å². The number of rotatable bonds is 6. The SMILES string of the molecule is CCn1ccc2cc(C(=O)NCC(C)c3ccc(N4CCN(C(=O)OC(C)(C)C)CC4)cc3)cnc21. The lowest BCUT2D eigenvalue weighted by Gasteiger charge is -2.36. The Hall–Kier alpha value is -3.55. The molecular weight excluding hydrogens is 454 g/mol. The molecule has 1 aliphatic heterocycles. The van der Waals surface area contributed by atoms with Crippen LogP contribution < -0.4 is 10.2 Å². The van der Waals surface area contributed by atoms with Crippen molar-refractivity contribution in [3.63, 3.8) is 0 Å². The molecule has 1 N–H and O–H groups in total. The van der Waals surface area contributed by atoms with E-state index in [1.807, 2.05) is 39.1 Å². The molecule has 2 aromatic heterocycles. The van der Waals surface area contributed by atoms with E-state index in [-0.39, 0.29) is 17.9 Å². The fourth-order valence-corrected chi connectivity index (χ4v) is 4.41. The van der Waals surface area contributed by atoms with Gasteiger partial charge in [-0.05, 0) is 63.4 Å². The number of nitrogens with zero attached hydrogens (tertiary/aromatic N) is 4. The lowest BCUT2D eigenvalue weighted by Crippen LogP contribution is -2.50. The lowest BCUT2D eigenvalue weighted by atomic mass is 10.0. The van der Waals surface area contributed by atoms with Gasteiger partial charge in [-0.25, -0.2) is 9.78 Å². The van der Waals surface area contributed by atoms with Crippen molar-refractivity contribution in [3.8, 4) is 0 Å². The topological polar surface area (TPSA) is 79.7 Å². The highest BCUT2D eigenvalue weighted by Gasteiger charge is 2.26. The molecular formula is C28H37N5O3. The van der Waals surface area contributed by atoms with Crippen LogP contribution in [0.1, 0.15) is 56.5 Å². The Morgan fingerprint density at radius 1 is 1.08 bits per heavy atom. The molecule has 1 aliphatic rings. The molecule has 192 valence electrons. The number of anilines is 1. The number of pyridine rings is 1. The Bertz CT molecular complexity index is 1200. The predicted octanol–water partition coefficient (Wildman–Crippen LogP) is 4.65. The molecule has 0 aliphatic carbocycles. The van der Waals surface area contributed by atoms with Crippen LogP contribution in [0.4, 0.5) is 10.5 Å². The minimum Gasteiger partial charge on any atom is -0.444 e. The maximum atomic E-state index is 12.7. The van der Waals surface area contributed by atoms with E-state index in [2.05, 4.69) is 57.9 Å². The maximum Gasteiger partial charge on any atom is 0.410 e. The first-order valence-corrected chi connectivity index (χ1v) is 12.7. The first-order chi connectivity index (χ1) is 17.1. The van der Waals surface area contributed by atoms with E-state index >= 15 is 0 Å². The largest absolute Gasteiger partial charge is 0.444 e. The van der Waals surface area contributed by atoms with Crippen molar-refractivity contribution in [2.45, 2.75) is 52.7 Å². The number of hydrogen-bond acceptors (Lipinski definition) is 5. The second kappa shape index (κ2) is 10.6. The van der Waals surface area contributed by atoms with Crippen molar-refractivity contribution in [2.75, 3.05) is 37.6 Å². The van der Waals surface area contributed by atoms with Gasteiger partial charge >= 0.3 is 6.09 Å². The smallest absolute Gasteiger partial charge is 0.410 e. The second-order valence-corrected chi connectivity index (χ2v) is 10.4. The van der Waals surface area contributed by atoms with Gasteiger partial charge in [0.15, 0.2) is 0 Å². The zero-order chi connectivity index (χ0) is 25.9. The number of aryl methyl sites for hydroxylation is 1. The molecule has 8 nitrogen and oxygen atoms in total. The molecule has 36 heavy (non-hydrogen) atoms. The number of carbonyl (C=O) groups excluding carboxylic acids is 2. The Labute approximate surface area is 213 Å². The third kappa shape index (κ3) is 5.98. The Morgan fingerprint density at radius 3 is 2.42 bits per heavy atom. The number of piperazine rings is 1. The number of hydrogen-bond donors (Lipinski definition) is 1. The summed E-state index contributed by atoms with van der Waals surface area (Å²) in [5, 5.41) is 4.02. The summed E-state index contributed by atoms with van der Waals surface area (Å²) in [6, 6.07) is 12.4. The first kappa shape index (κ1) is 25.5. The van der Waals surface area contributed by atoms with Crippen LogP contribution in [0.25, 0.3) is 11.0 Å². The molecule has 3 aromatic rings. The molecule has 1 saturated heterocycles. The van der Waals surface area contributed by atoms with E-state index < -0.39 is 5.60 Å². The van der Waals surface area contributed by atoms with Crippen molar-refractivity contribution in [3.05, 3.63) is 59.9 Å². The van der Waals surface area contributed by atoms with Crippen molar-refractivity contribution in [1.29, 1.82) is 0 Å². The Morgan fingerprint density at radius 2 is 1.78 bits per heavy atom. The molecule has 0 radical (unpaired) electrons. The summed E-state index contributed by atoms with van der Waals surface area (Å²) < 4.78 is 7.55. The first-order valence-electron chi connectivity index (χ1n) is 12.7. The summed E-state index contributed by atoms with van der Waals surface area (Å²) in [7, 11) is 0. The molecule has 1 unspecified atom stereocenters. The van der Waals surface area contributed by atoms with Gasteiger partial charge in [-0.2, -0.15) is 0 Å². The quantitative estimate of drug-likeness (QED) is 0.543. The van der Waals surface area contributed by atoms with Crippen LogP contribution in [0.3, 0.4) is 0 Å². The van der Waals surface area contributed by atoms with Crippen molar-refractivity contribution < 1.29 is 14.3 Å². The zero-order valence-corrected chi connectivity index (χ0v) is 22.0. The van der Waals surface area contributed by atoms with E-state index in [0.717, 1.165) is 36.4 Å². The Kier molecular flexibility index (Phi) is 7.52. The van der Waals surface area contributed by atoms with Crippen LogP contribution in [-0.2, 0) is 11.3 Å². The van der Waals surface area contributed by atoms with Crippen LogP contribution >= 0.6 is 0 Å². The van der Waals surface area contributed by atoms with Gasteiger partial charge in [-0.1, -0.05) is 19.1 Å². The summed E-state index contributed by atoms with van der Waals surface area (Å²) in [6.45, 7) is 14.0. The number of fused-ring (bicyclic) bond motifs is 1. The average Bonchev–Trinajstić information content (AvgIpc) is 3.28. The fourth-order valence-electron chi connectivity index (χ4n) is 4.41. The van der Waals surface area contributed by atoms with E-state index in [1.165, 1.54) is 5.56 Å². The molecule has 2 amide bonds. The summed E-state index contributed by atoms with van der Waals surface area (Å²) in [5.74, 6) is 0.0601. The number of aromatic nitrogens is 2. The number of amides is 2. The van der Waals surface area contributed by atoms with Crippen LogP contribution in [-0.4, -0.2) is 64.8 Å². The number of ether oxygens (including phenoxy) is 1. The summed E-state index contributed by atoms with van der Waals surface area (Å²) >= 11 is 0. The van der Waals surface area contributed by atoms with Crippen molar-refractivity contribution in [2.24, 2.45) is 0 Å². The van der Waals surface area contributed by atoms with Crippen LogP contribution in [0.5, 0.6) is 0 Å². The normalized spacial score (nSPS) is 15.1. The van der Waals surface area contributed by atoms with Crippen LogP contribution in [0.15, 0.2) is 48.8 Å². The van der Waals surface area contributed by atoms with Gasteiger partial charge in [0.05, 0.1) is 5.56 Å². The zero-order valence-electron chi connectivity index (χ0n) is 22.0. The van der Waals surface area contributed by atoms with Gasteiger partial charge in [0, 0.05) is 62.7 Å². The van der Waals surface area contributed by atoms with Crippen molar-refractivity contribution >= 4 is 28.7 Å². The van der Waals surface area contributed by atoms with Gasteiger partial charge in [-0.15, -0.1) is 0 Å². The van der Waals surface area contributed by atoms with Crippen molar-refractivity contribution in [1.82, 2.24) is 19.8 Å². The lowest BCUT2D eigenvalue weighted by molar-refractivity contribution is 0.0240. The van der Waals surface area contributed by atoms with Gasteiger partial charge in [-0.3, -0.25) is 4.79 Å². The Balaban J connectivity index is 1.28. The minimum atomic E-state index is -0.480. The van der Waals surface area contributed by atoms with E-state index in [1.54, 1.807) is 11.1 Å². The third-order valence-corrected chi connectivity index (χ3v) is 6.53. The van der Waals surface area contributed by atoms with Crippen LogP contribution in [0.2, 0.25) is 0 Å². The van der Waals surface area contributed by atoms with Gasteiger partial charge in [0.2, 0.25) is 0 Å². The highest BCUT2D eigenvalue weighted by Crippen LogP contribution is 2.22. The summed E-state index contributed by atoms with van der Waals surface area (Å²) in [5.41, 5.74) is 3.29.